The molecule has 0 bridgehead atoms. The van der Waals surface area contributed by atoms with Crippen LogP contribution in [0.4, 0.5) is 26.3 Å². The van der Waals surface area contributed by atoms with Crippen LogP contribution < -0.4 is 52.0 Å². The van der Waals surface area contributed by atoms with E-state index in [-0.39, 0.29) is 75.6 Å². The van der Waals surface area contributed by atoms with Crippen LogP contribution >= 0.6 is 23.2 Å². The number of azide groups is 1. The first kappa shape index (κ1) is 73.4. The minimum Gasteiger partial charge on any atom is -0.475 e. The number of H-pyrrole nitrogens is 3. The molecule has 0 aliphatic carbocycles. The summed E-state index contributed by atoms with van der Waals surface area (Å²) in [5, 5.41) is 21.0. The number of carboxylic acid groups (broad SMARTS) is 1. The van der Waals surface area contributed by atoms with Crippen LogP contribution in [-0.4, -0.2) is 69.1 Å². The smallest absolute Gasteiger partial charge is 0.475 e. The summed E-state index contributed by atoms with van der Waals surface area (Å²) in [6.45, 7) is 12.9. The molecular formula is C56H60Cl2F6N13NaO7. The minimum atomic E-state index is -5.08. The quantitative estimate of drug-likeness (QED) is 0.0222. The number of benzene rings is 3. The van der Waals surface area contributed by atoms with Crippen LogP contribution in [0.25, 0.3) is 76.7 Å². The van der Waals surface area contributed by atoms with Gasteiger partial charge >= 0.3 is 41.7 Å². The van der Waals surface area contributed by atoms with Crippen LogP contribution in [-0.2, 0) is 26.2 Å². The van der Waals surface area contributed by atoms with Crippen molar-refractivity contribution < 1.29 is 75.6 Å². The molecule has 1 aliphatic rings. The molecule has 1 saturated heterocycles. The zero-order valence-corrected chi connectivity index (χ0v) is 49.7. The topological polar surface area (TPSA) is 312 Å². The Hall–Kier alpha value is -7.74. The normalized spacial score (nSPS) is 11.7. The maximum Gasteiger partial charge on any atom is 1.00 e. The van der Waals surface area contributed by atoms with E-state index in [1.807, 2.05) is 88.4 Å². The van der Waals surface area contributed by atoms with Gasteiger partial charge in [0.1, 0.15) is 34.0 Å². The number of nitrogens with one attached hydrogen (secondary N) is 3. The first-order chi connectivity index (χ1) is 38.9. The summed E-state index contributed by atoms with van der Waals surface area (Å²) in [7, 11) is 0. The van der Waals surface area contributed by atoms with Crippen molar-refractivity contribution in [1.29, 1.82) is 0 Å². The fourth-order valence-corrected chi connectivity index (χ4v) is 7.59. The largest absolute Gasteiger partial charge is 1.00 e. The van der Waals surface area contributed by atoms with E-state index in [9.17, 15) is 45.8 Å². The van der Waals surface area contributed by atoms with E-state index in [1.54, 1.807) is 44.6 Å². The van der Waals surface area contributed by atoms with Gasteiger partial charge in [-0.25, -0.2) is 18.0 Å². The van der Waals surface area contributed by atoms with Crippen molar-refractivity contribution in [2.24, 2.45) is 10.8 Å². The molecule has 6 aromatic heterocycles. The fraction of sp³-hybridized carbons (Fsp3) is 0.286. The predicted molar refractivity (Wildman–Crippen MR) is 312 cm³/mol. The predicted octanol–water partition coefficient (Wildman–Crippen LogP) is 10.6. The number of alkyl halides is 5. The Bertz CT molecular complexity index is 3740. The number of carbonyl (C=O) groups is 1. The van der Waals surface area contributed by atoms with Crippen molar-refractivity contribution >= 4 is 45.7 Å². The standard InChI is InChI=1S/C16H14FN5O.C16H16FN3O.C16H15FN2O2.C4H8O.C2HF3O2.CH2Cl2.CH4.N3.Na/c1-16(2,20-21-18)11-5-3-10(4-6-11)13-9-22-8-12(17)7-14(22)15(23)19-13;1-16(2,18)11-5-3-10(4-6-11)13-9-20-8-12(17)7-14(20)15(21)19-13;1-16(2,21)11-5-3-10(4-6-11)13-9-19-8-12(17)7-14(19)15(20)18-13;1-2-4-5-3-1;3-2(4,5)1(6)7;2-1-3;;1-3-2;/h3-9H,1-2H3,(H,19,23);3-9H,18H2,1-2H3,(H,19,21);3-9,21H,1-2H3,(H,18,20);1-4H2;(H,6,7);1H2;1H4;;/q;;;;;;;-1;+1. The van der Waals surface area contributed by atoms with Gasteiger partial charge in [-0.15, -0.1) is 23.2 Å². The summed E-state index contributed by atoms with van der Waals surface area (Å²) < 4.78 is 80.8. The number of ether oxygens (including phenoxy) is 1. The van der Waals surface area contributed by atoms with Gasteiger partial charge in [0.25, 0.3) is 16.7 Å². The van der Waals surface area contributed by atoms with Crippen LogP contribution in [0.2, 0.25) is 0 Å². The number of hydrogen-bond donors (Lipinski definition) is 6. The molecule has 0 saturated carbocycles. The summed E-state index contributed by atoms with van der Waals surface area (Å²) in [6.07, 6.45) is 6.30. The molecule has 10 rings (SSSR count). The third-order valence-electron chi connectivity index (χ3n) is 11.8. The monoisotopic (exact) mass is 1230 g/mol. The van der Waals surface area contributed by atoms with E-state index in [2.05, 4.69) is 25.0 Å². The summed E-state index contributed by atoms with van der Waals surface area (Å²) in [6, 6.07) is 25.8. The van der Waals surface area contributed by atoms with Gasteiger partial charge in [-0.1, -0.05) is 99.2 Å². The van der Waals surface area contributed by atoms with Crippen molar-refractivity contribution in [2.75, 3.05) is 18.6 Å². The average Bonchev–Trinajstić information content (AvgIpc) is 3.02. The Morgan fingerprint density at radius 1 is 0.624 bits per heavy atom. The first-order valence-electron chi connectivity index (χ1n) is 24.5. The van der Waals surface area contributed by atoms with Crippen molar-refractivity contribution in [3.63, 3.8) is 0 Å². The van der Waals surface area contributed by atoms with Gasteiger partial charge in [0.05, 0.1) is 33.6 Å². The summed E-state index contributed by atoms with van der Waals surface area (Å²) in [5.74, 6) is -4.10. The maximum absolute atomic E-state index is 13.3. The van der Waals surface area contributed by atoms with Crippen LogP contribution in [0, 0.1) is 17.5 Å². The van der Waals surface area contributed by atoms with E-state index in [4.69, 9.17) is 60.2 Å². The van der Waals surface area contributed by atoms with E-state index in [0.29, 0.717) is 17.1 Å². The minimum absolute atomic E-state index is 0. The average molecular weight is 1240 g/mol. The molecule has 0 radical (unpaired) electrons. The van der Waals surface area contributed by atoms with E-state index >= 15 is 0 Å². The Morgan fingerprint density at radius 2 is 0.906 bits per heavy atom. The van der Waals surface area contributed by atoms with Crippen molar-refractivity contribution in [3.05, 3.63) is 220 Å². The molecule has 7 heterocycles. The second kappa shape index (κ2) is 32.5. The third kappa shape index (κ3) is 21.7. The summed E-state index contributed by atoms with van der Waals surface area (Å²) in [5.41, 5.74) is 32.8. The van der Waals surface area contributed by atoms with E-state index in [0.717, 1.165) is 46.6 Å². The van der Waals surface area contributed by atoms with Crippen molar-refractivity contribution in [2.45, 2.75) is 84.7 Å². The van der Waals surface area contributed by atoms with Crippen molar-refractivity contribution in [3.8, 4) is 33.8 Å². The Balaban J connectivity index is 0.000000376. The molecular weight excluding hydrogens is 1170 g/mol. The van der Waals surface area contributed by atoms with Gasteiger partial charge < -0.3 is 59.9 Å². The molecule has 0 amide bonds. The Labute approximate surface area is 514 Å². The number of aromatic nitrogens is 6. The number of nitrogens with zero attached hydrogens (tertiary/aromatic N) is 9. The first-order valence-corrected chi connectivity index (χ1v) is 25.5. The molecule has 9 aromatic rings. The number of aliphatic hydroxyl groups is 1. The number of nitrogens with two attached hydrogens (primary N) is 1. The van der Waals surface area contributed by atoms with Crippen LogP contribution in [0.15, 0.2) is 148 Å². The van der Waals surface area contributed by atoms with Gasteiger partial charge in [-0.05, 0) is 79.4 Å². The molecule has 7 N–H and O–H groups in total. The fourth-order valence-electron chi connectivity index (χ4n) is 7.59. The van der Waals surface area contributed by atoms with E-state index in [1.165, 1.54) is 67.7 Å². The number of halogens is 8. The molecule has 0 unspecified atom stereocenters. The number of hydrogen-bond acceptors (Lipinski definition) is 8. The maximum atomic E-state index is 13.3. The van der Waals surface area contributed by atoms with Crippen LogP contribution in [0.5, 0.6) is 0 Å². The van der Waals surface area contributed by atoms with Crippen LogP contribution in [0.1, 0.15) is 78.5 Å². The molecule has 0 spiro atoms. The molecule has 1 fully saturated rings. The van der Waals surface area contributed by atoms with Gasteiger partial charge in [-0.3, -0.25) is 19.3 Å². The second-order valence-corrected chi connectivity index (χ2v) is 20.2. The zero-order valence-electron chi connectivity index (χ0n) is 46.2. The number of fused-ring (bicyclic) bond motifs is 3. The molecule has 85 heavy (non-hydrogen) atoms. The SMILES string of the molecule is C.C1CCOC1.CC(C)(N)c1ccc(-c2cn3cc(F)cc3c(=O)[nH]2)cc1.CC(C)(N=[N+]=[N-])c1ccc(-c2cn3cc(F)cc3c(=O)[nH]2)cc1.CC(C)(O)c1ccc(-c2cn3cc(F)cc3c(=O)[nH]2)cc1.ClCCl.O=C(O)C(F)(F)F.[N-]=[N+]=[N-].[Na+]. The molecule has 3 aromatic carbocycles. The molecule has 0 atom stereocenters. The molecule has 20 nitrogen and oxygen atoms in total. The second-order valence-electron chi connectivity index (χ2n) is 19.4. The van der Waals surface area contributed by atoms with Crippen molar-refractivity contribution in [1.82, 2.24) is 28.2 Å². The Morgan fingerprint density at radius 3 is 1.14 bits per heavy atom. The van der Waals surface area contributed by atoms with Gasteiger partial charge in [0.2, 0.25) is 0 Å². The van der Waals surface area contributed by atoms with Gasteiger partial charge in [0, 0.05) is 79.0 Å². The number of aliphatic carboxylic acids is 1. The summed E-state index contributed by atoms with van der Waals surface area (Å²) in [4.78, 5) is 57.4. The Kier molecular flexibility index (Phi) is 28.1. The molecule has 1 aliphatic heterocycles. The third-order valence-corrected chi connectivity index (χ3v) is 11.8. The van der Waals surface area contributed by atoms with Gasteiger partial charge in [0.15, 0.2) is 0 Å². The van der Waals surface area contributed by atoms with E-state index < -0.39 is 46.3 Å². The summed E-state index contributed by atoms with van der Waals surface area (Å²) >= 11 is 9.53. The molecule has 29 heteroatoms. The van der Waals surface area contributed by atoms with Crippen LogP contribution in [0.3, 0.4) is 0 Å². The van der Waals surface area contributed by atoms with Gasteiger partial charge in [-0.2, -0.15) is 13.2 Å². The number of aromatic amines is 3. The molecule has 448 valence electrons. The number of rotatable bonds is 7. The zero-order chi connectivity index (χ0) is 62.0. The number of carboxylic acids is 1.